The van der Waals surface area contributed by atoms with Crippen molar-refractivity contribution in [3.63, 3.8) is 0 Å². The summed E-state index contributed by atoms with van der Waals surface area (Å²) >= 11 is 2.63. The Kier molecular flexibility index (Phi) is 8.78. The van der Waals surface area contributed by atoms with Crippen molar-refractivity contribution in [1.82, 2.24) is 4.90 Å². The number of carboxylic acids is 1. The lowest BCUT2D eigenvalue weighted by Crippen LogP contribution is -2.34. The van der Waals surface area contributed by atoms with Crippen molar-refractivity contribution < 1.29 is 28.6 Å². The highest BCUT2D eigenvalue weighted by Gasteiger charge is 2.39. The van der Waals surface area contributed by atoms with Gasteiger partial charge in [0.15, 0.2) is 0 Å². The molecule has 1 heterocycles. The Bertz CT molecular complexity index is 688. The zero-order chi connectivity index (χ0) is 20.6. The van der Waals surface area contributed by atoms with Gasteiger partial charge >= 0.3 is 11.9 Å². The van der Waals surface area contributed by atoms with Crippen molar-refractivity contribution in [3.05, 3.63) is 48.0 Å². The fraction of sp³-hybridized carbons (Fsp3) is 0.474. The van der Waals surface area contributed by atoms with Crippen LogP contribution in [0.2, 0.25) is 0 Å². The average molecular weight is 432 g/mol. The minimum atomic E-state index is -3.42. The molecule has 0 bridgehead atoms. The van der Waals surface area contributed by atoms with Gasteiger partial charge in [0, 0.05) is 23.6 Å². The third-order valence-electron chi connectivity index (χ3n) is 4.21. The Hall–Kier alpha value is -1.58. The molecular weight excluding hydrogens is 408 g/mol. The molecular formula is C19H23F2NO4S2. The number of aliphatic hydroxyl groups excluding tert-OH is 1. The number of halogens is 2. The molecule has 5 nitrogen and oxygen atoms in total. The Morgan fingerprint density at radius 3 is 2.75 bits per heavy atom. The molecule has 28 heavy (non-hydrogen) atoms. The Labute approximate surface area is 171 Å². The van der Waals surface area contributed by atoms with Gasteiger partial charge in [-0.25, -0.2) is 0 Å². The Balaban J connectivity index is 1.87. The third kappa shape index (κ3) is 6.49. The van der Waals surface area contributed by atoms with Gasteiger partial charge in [-0.15, -0.1) is 0 Å². The van der Waals surface area contributed by atoms with Gasteiger partial charge in [-0.1, -0.05) is 54.2 Å². The maximum absolute atomic E-state index is 14.3. The maximum Gasteiger partial charge on any atom is 0.304 e. The van der Waals surface area contributed by atoms with E-state index in [9.17, 15) is 23.5 Å². The largest absolute Gasteiger partial charge is 0.481 e. The number of rotatable bonds is 11. The molecule has 0 spiro atoms. The predicted octanol–water partition coefficient (Wildman–Crippen LogP) is 3.83. The number of alkyl halides is 2. The first-order valence-electron chi connectivity index (χ1n) is 8.85. The van der Waals surface area contributed by atoms with Crippen LogP contribution in [0.1, 0.15) is 18.4 Å². The van der Waals surface area contributed by atoms with Crippen LogP contribution in [0.5, 0.6) is 0 Å². The summed E-state index contributed by atoms with van der Waals surface area (Å²) in [7, 11) is 0. The number of nitrogens with zero attached hydrogens (tertiary/aromatic N) is 1. The SMILES string of the molecule is O=C(O)CCSCCCN1C(=O)SCC1/C=C/C(O)C(F)(F)c1ccccc1. The molecule has 2 unspecified atom stereocenters. The molecule has 154 valence electrons. The molecule has 1 aromatic rings. The van der Waals surface area contributed by atoms with Crippen LogP contribution in [-0.4, -0.2) is 62.3 Å². The monoisotopic (exact) mass is 431 g/mol. The van der Waals surface area contributed by atoms with Crippen molar-refractivity contribution in [3.8, 4) is 0 Å². The van der Waals surface area contributed by atoms with Gasteiger partial charge in [0.1, 0.15) is 6.10 Å². The number of hydrogen-bond acceptors (Lipinski definition) is 5. The van der Waals surface area contributed by atoms with Crippen LogP contribution in [0.3, 0.4) is 0 Å². The number of carbonyl (C=O) groups is 2. The standard InChI is InChI=1S/C19H23F2NO4S2/c20-19(21,14-5-2-1-3-6-14)16(23)8-7-15-13-28-18(26)22(15)10-4-11-27-12-9-17(24)25/h1-3,5-8,15-16,23H,4,9-13H2,(H,24,25)/b8-7+. The summed E-state index contributed by atoms with van der Waals surface area (Å²) in [5.74, 6) is -2.58. The van der Waals surface area contributed by atoms with Crippen molar-refractivity contribution in [1.29, 1.82) is 0 Å². The zero-order valence-electron chi connectivity index (χ0n) is 15.2. The van der Waals surface area contributed by atoms with Gasteiger partial charge in [0.25, 0.3) is 5.24 Å². The highest BCUT2D eigenvalue weighted by molar-refractivity contribution is 8.13. The van der Waals surface area contributed by atoms with E-state index in [1.165, 1.54) is 42.1 Å². The van der Waals surface area contributed by atoms with Gasteiger partial charge in [0.05, 0.1) is 12.5 Å². The summed E-state index contributed by atoms with van der Waals surface area (Å²) in [4.78, 5) is 24.1. The van der Waals surface area contributed by atoms with E-state index >= 15 is 0 Å². The molecule has 0 aliphatic carbocycles. The van der Waals surface area contributed by atoms with Crippen molar-refractivity contribution in [2.24, 2.45) is 0 Å². The summed E-state index contributed by atoms with van der Waals surface area (Å²) in [5.41, 5.74) is -0.265. The number of aliphatic hydroxyl groups is 1. The molecule has 1 saturated heterocycles. The second kappa shape index (κ2) is 10.8. The van der Waals surface area contributed by atoms with Gasteiger partial charge in [-0.05, 0) is 12.2 Å². The molecule has 1 aliphatic heterocycles. The topological polar surface area (TPSA) is 77.8 Å². The van der Waals surface area contributed by atoms with Crippen LogP contribution >= 0.6 is 23.5 Å². The van der Waals surface area contributed by atoms with Gasteiger partial charge in [0.2, 0.25) is 0 Å². The van der Waals surface area contributed by atoms with Crippen LogP contribution in [0.4, 0.5) is 13.6 Å². The van der Waals surface area contributed by atoms with E-state index in [0.29, 0.717) is 30.2 Å². The summed E-state index contributed by atoms with van der Waals surface area (Å²) < 4.78 is 28.7. The van der Waals surface area contributed by atoms with Crippen molar-refractivity contribution in [2.45, 2.75) is 30.9 Å². The van der Waals surface area contributed by atoms with E-state index in [4.69, 9.17) is 5.11 Å². The molecule has 2 rings (SSSR count). The summed E-state index contributed by atoms with van der Waals surface area (Å²) in [6, 6.07) is 6.79. The van der Waals surface area contributed by atoms with Crippen LogP contribution in [0.15, 0.2) is 42.5 Å². The molecule has 9 heteroatoms. The molecule has 1 aliphatic rings. The number of hydrogen-bond donors (Lipinski definition) is 2. The predicted molar refractivity (Wildman–Crippen MR) is 108 cm³/mol. The highest BCUT2D eigenvalue weighted by Crippen LogP contribution is 2.33. The van der Waals surface area contributed by atoms with E-state index in [1.54, 1.807) is 11.0 Å². The fourth-order valence-corrected chi connectivity index (χ4v) is 4.52. The lowest BCUT2D eigenvalue weighted by molar-refractivity contribution is -0.136. The second-order valence-corrected chi connectivity index (χ2v) is 8.46. The Morgan fingerprint density at radius 1 is 1.36 bits per heavy atom. The van der Waals surface area contributed by atoms with E-state index < -0.39 is 18.0 Å². The molecule has 0 radical (unpaired) electrons. The number of thioether (sulfide) groups is 2. The number of carboxylic acid groups (broad SMARTS) is 1. The first-order chi connectivity index (χ1) is 13.3. The smallest absolute Gasteiger partial charge is 0.304 e. The zero-order valence-corrected chi connectivity index (χ0v) is 16.8. The van der Waals surface area contributed by atoms with Crippen LogP contribution in [-0.2, 0) is 10.7 Å². The maximum atomic E-state index is 14.3. The molecule has 0 saturated carbocycles. The molecule has 1 aromatic carbocycles. The number of benzene rings is 1. The summed E-state index contributed by atoms with van der Waals surface area (Å²) in [5, 5.41) is 18.4. The van der Waals surface area contributed by atoms with E-state index in [2.05, 4.69) is 0 Å². The van der Waals surface area contributed by atoms with Crippen LogP contribution in [0.25, 0.3) is 0 Å². The molecule has 1 fully saturated rings. The van der Waals surface area contributed by atoms with E-state index in [-0.39, 0.29) is 23.3 Å². The van der Waals surface area contributed by atoms with Crippen LogP contribution in [0, 0.1) is 0 Å². The lowest BCUT2D eigenvalue weighted by Gasteiger charge is -2.23. The third-order valence-corrected chi connectivity index (χ3v) is 6.27. The quantitative estimate of drug-likeness (QED) is 0.410. The minimum absolute atomic E-state index is 0.0992. The Morgan fingerprint density at radius 2 is 2.07 bits per heavy atom. The second-order valence-electron chi connectivity index (χ2n) is 6.27. The van der Waals surface area contributed by atoms with Gasteiger partial charge in [-0.3, -0.25) is 9.59 Å². The molecule has 2 N–H and O–H groups in total. The van der Waals surface area contributed by atoms with E-state index in [1.807, 2.05) is 0 Å². The number of aliphatic carboxylic acids is 1. The fourth-order valence-electron chi connectivity index (χ4n) is 2.67. The first kappa shape index (κ1) is 22.7. The van der Waals surface area contributed by atoms with Crippen molar-refractivity contribution >= 4 is 34.7 Å². The average Bonchev–Trinajstić information content (AvgIpc) is 3.02. The molecule has 0 aromatic heterocycles. The number of amides is 1. The summed E-state index contributed by atoms with van der Waals surface area (Å²) in [6.07, 6.45) is 1.33. The normalized spacial score (nSPS) is 18.8. The van der Waals surface area contributed by atoms with Gasteiger partial charge in [-0.2, -0.15) is 20.5 Å². The highest BCUT2D eigenvalue weighted by atomic mass is 32.2. The minimum Gasteiger partial charge on any atom is -0.481 e. The van der Waals surface area contributed by atoms with Crippen molar-refractivity contribution in [2.75, 3.05) is 23.8 Å². The molecule has 2 atom stereocenters. The lowest BCUT2D eigenvalue weighted by atomic mass is 10.0. The molecule has 1 amide bonds. The summed E-state index contributed by atoms with van der Waals surface area (Å²) in [6.45, 7) is 0.464. The van der Waals surface area contributed by atoms with Gasteiger partial charge < -0.3 is 15.1 Å². The first-order valence-corrected chi connectivity index (χ1v) is 11.0. The van der Waals surface area contributed by atoms with Crippen LogP contribution < -0.4 is 0 Å². The van der Waals surface area contributed by atoms with E-state index in [0.717, 1.165) is 17.8 Å². The number of carbonyl (C=O) groups excluding carboxylic acids is 1.